The molecule has 0 bridgehead atoms. The smallest absolute Gasteiger partial charge is 0.246 e. The Bertz CT molecular complexity index is 751. The van der Waals surface area contributed by atoms with Gasteiger partial charge in [0.25, 0.3) is 0 Å². The highest BCUT2D eigenvalue weighted by atomic mass is 35.5. The molecule has 1 heterocycles. The minimum Gasteiger partial charge on any atom is -0.273 e. The molecule has 8 heteroatoms. The zero-order chi connectivity index (χ0) is 15.8. The Morgan fingerprint density at radius 3 is 2.33 bits per heavy atom. The number of benzene rings is 1. The molecule has 0 unspecified atom stereocenters. The molecule has 0 saturated heterocycles. The van der Waals surface area contributed by atoms with Gasteiger partial charge in [0.2, 0.25) is 10.0 Å². The van der Waals surface area contributed by atoms with E-state index in [1.807, 2.05) is 6.92 Å². The quantitative estimate of drug-likeness (QED) is 0.854. The highest BCUT2D eigenvalue weighted by molar-refractivity contribution is 7.89. The van der Waals surface area contributed by atoms with E-state index in [1.165, 1.54) is 23.5 Å². The topological polar surface area (TPSA) is 55.2 Å². The minimum absolute atomic E-state index is 0.0719. The molecule has 1 aromatic heterocycles. The standard InChI is InChI=1S/C13H15Cl2N3O2S/c1-9-10(7-16-18(9)3)8-17(2)21(19,20)13-11(14)5-4-6-12(13)15/h4-7H,8H2,1-3H3. The molecular weight excluding hydrogens is 333 g/mol. The van der Waals surface area contributed by atoms with Crippen molar-refractivity contribution in [2.45, 2.75) is 18.4 Å². The van der Waals surface area contributed by atoms with Gasteiger partial charge in [-0.05, 0) is 19.1 Å². The van der Waals surface area contributed by atoms with E-state index >= 15 is 0 Å². The lowest BCUT2D eigenvalue weighted by Gasteiger charge is -2.18. The van der Waals surface area contributed by atoms with Crippen LogP contribution in [-0.4, -0.2) is 29.6 Å². The van der Waals surface area contributed by atoms with E-state index in [-0.39, 0.29) is 21.5 Å². The minimum atomic E-state index is -3.77. The lowest BCUT2D eigenvalue weighted by molar-refractivity contribution is 0.465. The molecule has 0 saturated carbocycles. The second-order valence-corrected chi connectivity index (χ2v) is 7.49. The van der Waals surface area contributed by atoms with Gasteiger partial charge in [0.05, 0.1) is 16.2 Å². The van der Waals surface area contributed by atoms with Gasteiger partial charge in [-0.15, -0.1) is 0 Å². The van der Waals surface area contributed by atoms with E-state index in [0.29, 0.717) is 0 Å². The molecule has 0 aliphatic heterocycles. The maximum atomic E-state index is 12.6. The molecular formula is C13H15Cl2N3O2S. The first-order chi connectivity index (χ1) is 9.75. The van der Waals surface area contributed by atoms with Crippen LogP contribution in [0.25, 0.3) is 0 Å². The summed E-state index contributed by atoms with van der Waals surface area (Å²) in [5.41, 5.74) is 1.73. The van der Waals surface area contributed by atoms with Crippen molar-refractivity contribution in [1.29, 1.82) is 0 Å². The normalized spacial score (nSPS) is 12.1. The number of hydrogen-bond donors (Lipinski definition) is 0. The summed E-state index contributed by atoms with van der Waals surface area (Å²) in [5, 5.41) is 4.32. The van der Waals surface area contributed by atoms with Crippen LogP contribution in [0.4, 0.5) is 0 Å². The van der Waals surface area contributed by atoms with Crippen molar-refractivity contribution in [3.8, 4) is 0 Å². The van der Waals surface area contributed by atoms with Crippen molar-refractivity contribution in [3.63, 3.8) is 0 Å². The van der Waals surface area contributed by atoms with Crippen molar-refractivity contribution in [2.75, 3.05) is 7.05 Å². The maximum absolute atomic E-state index is 12.6. The molecule has 0 spiro atoms. The van der Waals surface area contributed by atoms with Crippen molar-refractivity contribution < 1.29 is 8.42 Å². The Hall–Kier alpha value is -1.08. The van der Waals surface area contributed by atoms with E-state index < -0.39 is 10.0 Å². The number of aromatic nitrogens is 2. The zero-order valence-corrected chi connectivity index (χ0v) is 14.2. The molecule has 0 atom stereocenters. The lowest BCUT2D eigenvalue weighted by atomic mass is 10.3. The average Bonchev–Trinajstić information content (AvgIpc) is 2.70. The van der Waals surface area contributed by atoms with Crippen molar-refractivity contribution in [1.82, 2.24) is 14.1 Å². The third-order valence-electron chi connectivity index (χ3n) is 3.32. The van der Waals surface area contributed by atoms with Crippen LogP contribution in [0.3, 0.4) is 0 Å². The average molecular weight is 348 g/mol. The van der Waals surface area contributed by atoms with E-state index in [9.17, 15) is 8.42 Å². The predicted molar refractivity (Wildman–Crippen MR) is 83.1 cm³/mol. The SMILES string of the molecule is Cc1c(CN(C)S(=O)(=O)c2c(Cl)cccc2Cl)cnn1C. The second kappa shape index (κ2) is 5.96. The summed E-state index contributed by atoms with van der Waals surface area (Å²) >= 11 is 12.0. The first-order valence-electron chi connectivity index (χ1n) is 6.13. The van der Waals surface area contributed by atoms with Gasteiger partial charge in [-0.2, -0.15) is 9.40 Å². The summed E-state index contributed by atoms with van der Waals surface area (Å²) in [6.07, 6.45) is 1.65. The molecule has 0 radical (unpaired) electrons. The molecule has 2 aromatic rings. The van der Waals surface area contributed by atoms with Crippen molar-refractivity contribution in [2.24, 2.45) is 7.05 Å². The molecule has 1 aromatic carbocycles. The number of sulfonamides is 1. The molecule has 21 heavy (non-hydrogen) atoms. The van der Waals surface area contributed by atoms with Gasteiger partial charge in [0.15, 0.2) is 0 Å². The number of rotatable bonds is 4. The van der Waals surface area contributed by atoms with E-state index in [2.05, 4.69) is 5.10 Å². The van der Waals surface area contributed by atoms with Crippen LogP contribution in [0.15, 0.2) is 29.3 Å². The number of aryl methyl sites for hydroxylation is 1. The van der Waals surface area contributed by atoms with Gasteiger partial charge < -0.3 is 0 Å². The Kier molecular flexibility index (Phi) is 4.63. The summed E-state index contributed by atoms with van der Waals surface area (Å²) in [4.78, 5) is -0.0719. The van der Waals surface area contributed by atoms with Crippen LogP contribution >= 0.6 is 23.2 Å². The van der Waals surface area contributed by atoms with Crippen molar-refractivity contribution in [3.05, 3.63) is 45.7 Å². The van der Waals surface area contributed by atoms with E-state index in [0.717, 1.165) is 11.3 Å². The summed E-state index contributed by atoms with van der Waals surface area (Å²) in [6, 6.07) is 4.61. The predicted octanol–water partition coefficient (Wildman–Crippen LogP) is 2.86. The summed E-state index contributed by atoms with van der Waals surface area (Å²) < 4.78 is 28.2. The van der Waals surface area contributed by atoms with Crippen molar-refractivity contribution >= 4 is 33.2 Å². The van der Waals surface area contributed by atoms with Gasteiger partial charge in [-0.25, -0.2) is 8.42 Å². The molecule has 0 fully saturated rings. The lowest BCUT2D eigenvalue weighted by Crippen LogP contribution is -2.27. The third kappa shape index (κ3) is 3.08. The van der Waals surface area contributed by atoms with Crippen LogP contribution in [0, 0.1) is 6.92 Å². The van der Waals surface area contributed by atoms with Crippen LogP contribution in [0.5, 0.6) is 0 Å². The van der Waals surface area contributed by atoms with E-state index in [1.54, 1.807) is 24.0 Å². The molecule has 2 rings (SSSR count). The van der Waals surface area contributed by atoms with Crippen LogP contribution in [0.1, 0.15) is 11.3 Å². The Morgan fingerprint density at radius 1 is 1.29 bits per heavy atom. The summed E-state index contributed by atoms with van der Waals surface area (Å²) in [7, 11) is -0.482. The third-order valence-corrected chi connectivity index (χ3v) is 6.08. The summed E-state index contributed by atoms with van der Waals surface area (Å²) in [6.45, 7) is 2.08. The monoisotopic (exact) mass is 347 g/mol. The van der Waals surface area contributed by atoms with Crippen LogP contribution in [-0.2, 0) is 23.6 Å². The van der Waals surface area contributed by atoms with Crippen LogP contribution in [0.2, 0.25) is 10.0 Å². The molecule has 0 N–H and O–H groups in total. The number of hydrogen-bond acceptors (Lipinski definition) is 3. The van der Waals surface area contributed by atoms with Gasteiger partial charge >= 0.3 is 0 Å². The fourth-order valence-electron chi connectivity index (χ4n) is 1.91. The van der Waals surface area contributed by atoms with Gasteiger partial charge in [0.1, 0.15) is 4.90 Å². The first-order valence-corrected chi connectivity index (χ1v) is 8.32. The molecule has 0 aliphatic rings. The fraction of sp³-hybridized carbons (Fsp3) is 0.308. The van der Waals surface area contributed by atoms with Crippen LogP contribution < -0.4 is 0 Å². The maximum Gasteiger partial charge on any atom is 0.246 e. The molecule has 0 amide bonds. The van der Waals surface area contributed by atoms with E-state index in [4.69, 9.17) is 23.2 Å². The Balaban J connectivity index is 2.38. The van der Waals surface area contributed by atoms with Gasteiger partial charge in [0, 0.05) is 31.9 Å². The molecule has 5 nitrogen and oxygen atoms in total. The molecule has 114 valence electrons. The first kappa shape index (κ1) is 16.3. The Morgan fingerprint density at radius 2 is 1.86 bits per heavy atom. The highest BCUT2D eigenvalue weighted by Gasteiger charge is 2.27. The Labute approximate surface area is 134 Å². The number of halogens is 2. The fourth-order valence-corrected chi connectivity index (χ4v) is 4.14. The summed E-state index contributed by atoms with van der Waals surface area (Å²) in [5.74, 6) is 0. The molecule has 0 aliphatic carbocycles. The van der Waals surface area contributed by atoms with Gasteiger partial charge in [-0.1, -0.05) is 29.3 Å². The number of nitrogens with zero attached hydrogens (tertiary/aromatic N) is 3. The second-order valence-electron chi connectivity index (χ2n) is 4.69. The highest BCUT2D eigenvalue weighted by Crippen LogP contribution is 2.31. The largest absolute Gasteiger partial charge is 0.273 e. The van der Waals surface area contributed by atoms with Gasteiger partial charge in [-0.3, -0.25) is 4.68 Å². The zero-order valence-electron chi connectivity index (χ0n) is 11.8.